The molecule has 0 radical (unpaired) electrons. The molecule has 8 nitrogen and oxygen atoms in total. The van der Waals surface area contributed by atoms with Crippen LogP contribution in [0.1, 0.15) is 38.2 Å². The quantitative estimate of drug-likeness (QED) is 0.721. The molecule has 2 amide bonds. The van der Waals surface area contributed by atoms with Gasteiger partial charge in [-0.1, -0.05) is 0 Å². The minimum Gasteiger partial charge on any atom is -0.381 e. The Morgan fingerprint density at radius 1 is 1.33 bits per heavy atom. The Kier molecular flexibility index (Phi) is 6.84. The van der Waals surface area contributed by atoms with Gasteiger partial charge >= 0.3 is 0 Å². The summed E-state index contributed by atoms with van der Waals surface area (Å²) >= 11 is 0. The van der Waals surface area contributed by atoms with Crippen molar-refractivity contribution in [2.45, 2.75) is 64.2 Å². The van der Waals surface area contributed by atoms with Crippen molar-refractivity contribution in [2.24, 2.45) is 0 Å². The summed E-state index contributed by atoms with van der Waals surface area (Å²) in [5.74, 6) is 0.0735. The zero-order valence-corrected chi connectivity index (χ0v) is 16.3. The van der Waals surface area contributed by atoms with Gasteiger partial charge in [-0.25, -0.2) is 0 Å². The third-order valence-electron chi connectivity index (χ3n) is 5.35. The van der Waals surface area contributed by atoms with Gasteiger partial charge in [0.2, 0.25) is 11.8 Å². The Morgan fingerprint density at radius 2 is 2.11 bits per heavy atom. The molecule has 2 saturated heterocycles. The highest BCUT2D eigenvalue weighted by molar-refractivity contribution is 5.82. The van der Waals surface area contributed by atoms with E-state index < -0.39 is 0 Å². The van der Waals surface area contributed by atoms with Gasteiger partial charge in [0.05, 0.1) is 12.2 Å². The smallest absolute Gasteiger partial charge is 0.237 e. The summed E-state index contributed by atoms with van der Waals surface area (Å²) in [6.07, 6.45) is 6.65. The first-order valence-corrected chi connectivity index (χ1v) is 9.96. The van der Waals surface area contributed by atoms with Crippen LogP contribution in [-0.2, 0) is 20.9 Å². The van der Waals surface area contributed by atoms with Crippen LogP contribution in [-0.4, -0.2) is 70.9 Å². The fraction of sp³-hybridized carbons (Fsp3) is 0.737. The monoisotopic (exact) mass is 377 g/mol. The topological polar surface area (TPSA) is 88.5 Å². The molecule has 2 aliphatic rings. The molecule has 2 atom stereocenters. The van der Waals surface area contributed by atoms with Crippen molar-refractivity contribution in [1.29, 1.82) is 0 Å². The molecular weight excluding hydrogens is 346 g/mol. The van der Waals surface area contributed by atoms with Crippen LogP contribution in [0.2, 0.25) is 0 Å². The lowest BCUT2D eigenvalue weighted by Crippen LogP contribution is -2.49. The zero-order chi connectivity index (χ0) is 19.2. The maximum atomic E-state index is 12.5. The Bertz CT molecular complexity index is 641. The van der Waals surface area contributed by atoms with E-state index in [-0.39, 0.29) is 23.9 Å². The number of carbonyl (C=O) groups is 2. The number of aryl methyl sites for hydroxylation is 2. The van der Waals surface area contributed by atoms with Gasteiger partial charge in [-0.15, -0.1) is 0 Å². The lowest BCUT2D eigenvalue weighted by atomic mass is 10.1. The number of hydrogen-bond acceptors (Lipinski definition) is 5. The number of amides is 2. The van der Waals surface area contributed by atoms with Gasteiger partial charge in [0.15, 0.2) is 0 Å². The van der Waals surface area contributed by atoms with Gasteiger partial charge in [0.25, 0.3) is 0 Å². The van der Waals surface area contributed by atoms with E-state index in [4.69, 9.17) is 4.74 Å². The van der Waals surface area contributed by atoms with Crippen LogP contribution in [0.5, 0.6) is 0 Å². The van der Waals surface area contributed by atoms with Crippen molar-refractivity contribution in [2.75, 3.05) is 26.3 Å². The maximum absolute atomic E-state index is 12.5. The maximum Gasteiger partial charge on any atom is 0.237 e. The van der Waals surface area contributed by atoms with Crippen molar-refractivity contribution in [1.82, 2.24) is 25.3 Å². The van der Waals surface area contributed by atoms with Gasteiger partial charge in [0, 0.05) is 57.5 Å². The molecule has 2 fully saturated rings. The largest absolute Gasteiger partial charge is 0.381 e. The molecule has 0 bridgehead atoms. The number of aromatic nitrogens is 2. The van der Waals surface area contributed by atoms with Crippen molar-refractivity contribution < 1.29 is 14.3 Å². The summed E-state index contributed by atoms with van der Waals surface area (Å²) in [5, 5.41) is 10.3. The zero-order valence-electron chi connectivity index (χ0n) is 16.3. The normalized spacial score (nSPS) is 24.1. The van der Waals surface area contributed by atoms with Crippen molar-refractivity contribution >= 4 is 11.8 Å². The highest BCUT2D eigenvalue weighted by Crippen LogP contribution is 2.26. The standard InChI is InChI=1S/C19H31N5O3/c1-3-20-19(26)17-10-15(13-24(17)16-5-8-27-9-6-16)22-18(25)4-7-23-12-14(2)11-21-23/h11-12,15-17H,3-10,13H2,1-2H3,(H,20,26)(H,22,25)/t15-,17-/m0/s1. The molecule has 0 aromatic carbocycles. The minimum atomic E-state index is -0.174. The van der Waals surface area contributed by atoms with E-state index >= 15 is 0 Å². The number of nitrogens with zero attached hydrogens (tertiary/aromatic N) is 3. The minimum absolute atomic E-state index is 0.00677. The second kappa shape index (κ2) is 9.32. The predicted octanol–water partition coefficient (Wildman–Crippen LogP) is 0.456. The number of likely N-dealkylation sites (tertiary alicyclic amines) is 1. The Hall–Kier alpha value is -1.93. The molecule has 0 saturated carbocycles. The first kappa shape index (κ1) is 19.8. The Labute approximate surface area is 160 Å². The summed E-state index contributed by atoms with van der Waals surface area (Å²) in [4.78, 5) is 27.2. The van der Waals surface area contributed by atoms with E-state index in [1.807, 2.05) is 20.0 Å². The number of nitrogens with one attached hydrogen (secondary N) is 2. The van der Waals surface area contributed by atoms with E-state index in [1.165, 1.54) is 0 Å². The van der Waals surface area contributed by atoms with E-state index in [9.17, 15) is 9.59 Å². The van der Waals surface area contributed by atoms with E-state index in [2.05, 4.69) is 20.6 Å². The SMILES string of the molecule is CCNC(=O)[C@@H]1C[C@H](NC(=O)CCn2cc(C)cn2)CN1C1CCOCC1. The van der Waals surface area contributed by atoms with Crippen molar-refractivity contribution in [3.8, 4) is 0 Å². The molecule has 3 rings (SSSR count). The highest BCUT2D eigenvalue weighted by Gasteiger charge is 2.41. The molecule has 0 spiro atoms. The summed E-state index contributed by atoms with van der Waals surface area (Å²) in [6.45, 7) is 7.30. The lowest BCUT2D eigenvalue weighted by molar-refractivity contribution is -0.127. The van der Waals surface area contributed by atoms with Crippen LogP contribution in [0, 0.1) is 6.92 Å². The van der Waals surface area contributed by atoms with Crippen LogP contribution in [0.3, 0.4) is 0 Å². The second-order valence-electron chi connectivity index (χ2n) is 7.48. The van der Waals surface area contributed by atoms with Crippen LogP contribution in [0.25, 0.3) is 0 Å². The van der Waals surface area contributed by atoms with E-state index in [1.54, 1.807) is 10.9 Å². The Balaban J connectivity index is 1.55. The molecule has 1 aromatic rings. The van der Waals surface area contributed by atoms with E-state index in [0.29, 0.717) is 32.0 Å². The molecule has 1 aromatic heterocycles. The number of rotatable bonds is 7. The van der Waals surface area contributed by atoms with Crippen LogP contribution >= 0.6 is 0 Å². The molecule has 2 N–H and O–H groups in total. The van der Waals surface area contributed by atoms with E-state index in [0.717, 1.165) is 38.2 Å². The van der Waals surface area contributed by atoms with Gasteiger partial charge in [0.1, 0.15) is 0 Å². The first-order valence-electron chi connectivity index (χ1n) is 9.96. The predicted molar refractivity (Wildman–Crippen MR) is 101 cm³/mol. The fourth-order valence-corrected chi connectivity index (χ4v) is 4.04. The second-order valence-corrected chi connectivity index (χ2v) is 7.48. The summed E-state index contributed by atoms with van der Waals surface area (Å²) in [5.41, 5.74) is 1.09. The van der Waals surface area contributed by atoms with Crippen molar-refractivity contribution in [3.63, 3.8) is 0 Å². The molecule has 0 unspecified atom stereocenters. The average molecular weight is 377 g/mol. The Morgan fingerprint density at radius 3 is 2.78 bits per heavy atom. The summed E-state index contributed by atoms with van der Waals surface area (Å²) < 4.78 is 7.25. The molecular formula is C19H31N5O3. The molecule has 2 aliphatic heterocycles. The number of likely N-dealkylation sites (N-methyl/N-ethyl adjacent to an activating group) is 1. The van der Waals surface area contributed by atoms with Crippen LogP contribution < -0.4 is 10.6 Å². The number of hydrogen-bond donors (Lipinski definition) is 2. The van der Waals surface area contributed by atoms with Gasteiger partial charge in [-0.3, -0.25) is 19.2 Å². The molecule has 27 heavy (non-hydrogen) atoms. The molecule has 0 aliphatic carbocycles. The van der Waals surface area contributed by atoms with Gasteiger partial charge < -0.3 is 15.4 Å². The van der Waals surface area contributed by atoms with Crippen LogP contribution in [0.4, 0.5) is 0 Å². The lowest BCUT2D eigenvalue weighted by Gasteiger charge is -2.34. The first-order chi connectivity index (χ1) is 13.1. The van der Waals surface area contributed by atoms with Gasteiger partial charge in [-0.05, 0) is 38.7 Å². The third-order valence-corrected chi connectivity index (χ3v) is 5.35. The number of carbonyl (C=O) groups excluding carboxylic acids is 2. The van der Waals surface area contributed by atoms with Crippen molar-refractivity contribution in [3.05, 3.63) is 18.0 Å². The highest BCUT2D eigenvalue weighted by atomic mass is 16.5. The third kappa shape index (κ3) is 5.29. The molecule has 8 heteroatoms. The average Bonchev–Trinajstić information content (AvgIpc) is 3.27. The summed E-state index contributed by atoms with van der Waals surface area (Å²) in [7, 11) is 0. The van der Waals surface area contributed by atoms with Gasteiger partial charge in [-0.2, -0.15) is 5.10 Å². The molecule has 3 heterocycles. The van der Waals surface area contributed by atoms with Crippen LogP contribution in [0.15, 0.2) is 12.4 Å². The molecule has 150 valence electrons. The summed E-state index contributed by atoms with van der Waals surface area (Å²) in [6, 6.07) is 0.180. The fourth-order valence-electron chi connectivity index (χ4n) is 4.04. The number of ether oxygens (including phenoxy) is 1.